The van der Waals surface area contributed by atoms with Crippen LogP contribution in [0.4, 0.5) is 13.9 Å². The lowest BCUT2D eigenvalue weighted by molar-refractivity contribution is -0.118. The summed E-state index contributed by atoms with van der Waals surface area (Å²) in [5.74, 6) is -1.20. The van der Waals surface area contributed by atoms with E-state index in [1.54, 1.807) is 23.7 Å². The number of sulfone groups is 1. The number of rotatable bonds is 7. The molecule has 29 heavy (non-hydrogen) atoms. The third kappa shape index (κ3) is 4.50. The molecule has 1 aromatic heterocycles. The predicted octanol–water partition coefficient (Wildman–Crippen LogP) is 4.28. The van der Waals surface area contributed by atoms with Crippen molar-refractivity contribution >= 4 is 32.2 Å². The molecule has 5 nitrogen and oxygen atoms in total. The van der Waals surface area contributed by atoms with E-state index in [9.17, 15) is 22.0 Å². The standard InChI is InChI=1S/C20H22F2N2O3S2/c21-17-10-12(11-18(17)22)9-16(19(25)24-20-23-7-8-28-20)13-1-3-14(4-2-13)29(26,27)15-5-6-15/h1-4,7-8,12,15-18H,5-6,9-11H2,(H,23,24,25). The van der Waals surface area contributed by atoms with Gasteiger partial charge in [-0.1, -0.05) is 12.1 Å². The van der Waals surface area contributed by atoms with Gasteiger partial charge in [0.15, 0.2) is 15.0 Å². The van der Waals surface area contributed by atoms with Gasteiger partial charge in [0.2, 0.25) is 5.91 Å². The van der Waals surface area contributed by atoms with Gasteiger partial charge in [0.1, 0.15) is 12.3 Å². The molecule has 2 aliphatic rings. The molecule has 2 saturated carbocycles. The number of halogens is 2. The van der Waals surface area contributed by atoms with Crippen LogP contribution in [-0.4, -0.2) is 36.9 Å². The number of hydrogen-bond donors (Lipinski definition) is 1. The Morgan fingerprint density at radius 2 is 1.83 bits per heavy atom. The summed E-state index contributed by atoms with van der Waals surface area (Å²) < 4.78 is 52.1. The lowest BCUT2D eigenvalue weighted by atomic mass is 9.87. The van der Waals surface area contributed by atoms with Gasteiger partial charge in [-0.15, -0.1) is 11.3 Å². The molecule has 0 spiro atoms. The lowest BCUT2D eigenvalue weighted by Crippen LogP contribution is -2.23. The molecule has 4 rings (SSSR count). The molecule has 2 aliphatic carbocycles. The third-order valence-corrected chi connectivity index (χ3v) is 8.60. The van der Waals surface area contributed by atoms with Crippen LogP contribution in [0.3, 0.4) is 0 Å². The van der Waals surface area contributed by atoms with Crippen LogP contribution < -0.4 is 5.32 Å². The molecule has 3 atom stereocenters. The maximum atomic E-state index is 13.6. The van der Waals surface area contributed by atoms with Gasteiger partial charge in [-0.2, -0.15) is 0 Å². The summed E-state index contributed by atoms with van der Waals surface area (Å²) in [5, 5.41) is 4.63. The van der Waals surface area contributed by atoms with Crippen molar-refractivity contribution in [2.45, 2.75) is 60.5 Å². The first-order valence-corrected chi connectivity index (χ1v) is 12.1. The van der Waals surface area contributed by atoms with Crippen molar-refractivity contribution in [1.82, 2.24) is 4.98 Å². The zero-order valence-electron chi connectivity index (χ0n) is 15.6. The van der Waals surface area contributed by atoms with Gasteiger partial charge in [-0.25, -0.2) is 22.2 Å². The SMILES string of the molecule is O=C(Nc1nccs1)C(CC1CC(F)C(F)C1)c1ccc(S(=O)(=O)C2CC2)cc1. The van der Waals surface area contributed by atoms with Crippen molar-refractivity contribution in [2.24, 2.45) is 5.92 Å². The fourth-order valence-electron chi connectivity index (χ4n) is 3.89. The van der Waals surface area contributed by atoms with Crippen LogP contribution in [0, 0.1) is 5.92 Å². The normalized spacial score (nSPS) is 25.7. The Hall–Kier alpha value is -1.87. The van der Waals surface area contributed by atoms with Crippen molar-refractivity contribution in [1.29, 1.82) is 0 Å². The third-order valence-electron chi connectivity index (χ3n) is 5.63. The first kappa shape index (κ1) is 20.4. The monoisotopic (exact) mass is 440 g/mol. The Kier molecular flexibility index (Phi) is 5.70. The number of nitrogens with zero attached hydrogens (tertiary/aromatic N) is 1. The van der Waals surface area contributed by atoms with Crippen LogP contribution in [0.5, 0.6) is 0 Å². The van der Waals surface area contributed by atoms with E-state index in [1.165, 1.54) is 23.5 Å². The molecule has 0 radical (unpaired) electrons. The molecule has 0 aliphatic heterocycles. The Bertz CT molecular complexity index is 950. The number of amides is 1. The quantitative estimate of drug-likeness (QED) is 0.697. The van der Waals surface area contributed by atoms with Gasteiger partial charge in [-0.05, 0) is 55.7 Å². The molecule has 2 aromatic rings. The van der Waals surface area contributed by atoms with Crippen molar-refractivity contribution in [3.05, 3.63) is 41.4 Å². The minimum absolute atomic E-state index is 0.0936. The van der Waals surface area contributed by atoms with Gasteiger partial charge in [0.05, 0.1) is 16.1 Å². The summed E-state index contributed by atoms with van der Waals surface area (Å²) >= 11 is 1.28. The highest BCUT2D eigenvalue weighted by Crippen LogP contribution is 2.39. The smallest absolute Gasteiger partial charge is 0.233 e. The summed E-state index contributed by atoms with van der Waals surface area (Å²) in [6.45, 7) is 0. The fraction of sp³-hybridized carbons (Fsp3) is 0.500. The molecule has 1 heterocycles. The molecular weight excluding hydrogens is 418 g/mol. The first-order valence-electron chi connectivity index (χ1n) is 9.67. The number of benzene rings is 1. The first-order chi connectivity index (χ1) is 13.8. The highest BCUT2D eigenvalue weighted by molar-refractivity contribution is 7.92. The van der Waals surface area contributed by atoms with Gasteiger partial charge in [0, 0.05) is 11.6 Å². The van der Waals surface area contributed by atoms with E-state index >= 15 is 0 Å². The zero-order chi connectivity index (χ0) is 20.6. The van der Waals surface area contributed by atoms with Crippen LogP contribution in [0.25, 0.3) is 0 Å². The van der Waals surface area contributed by atoms with E-state index in [1.807, 2.05) is 0 Å². The minimum Gasteiger partial charge on any atom is -0.301 e. The van der Waals surface area contributed by atoms with E-state index in [4.69, 9.17) is 0 Å². The molecule has 0 saturated heterocycles. The van der Waals surface area contributed by atoms with Gasteiger partial charge in [-0.3, -0.25) is 4.79 Å². The molecule has 9 heteroatoms. The Balaban J connectivity index is 1.56. The van der Waals surface area contributed by atoms with E-state index in [0.717, 1.165) is 0 Å². The number of aromatic nitrogens is 1. The van der Waals surface area contributed by atoms with E-state index in [0.29, 0.717) is 30.0 Å². The highest BCUT2D eigenvalue weighted by Gasteiger charge is 2.38. The van der Waals surface area contributed by atoms with Crippen molar-refractivity contribution in [3.63, 3.8) is 0 Å². The molecular formula is C20H22F2N2O3S2. The van der Waals surface area contributed by atoms with Gasteiger partial charge < -0.3 is 5.32 Å². The number of anilines is 1. The van der Waals surface area contributed by atoms with Crippen molar-refractivity contribution in [2.75, 3.05) is 5.32 Å². The predicted molar refractivity (Wildman–Crippen MR) is 107 cm³/mol. The topological polar surface area (TPSA) is 76.1 Å². The summed E-state index contributed by atoms with van der Waals surface area (Å²) in [7, 11) is -3.31. The molecule has 1 N–H and O–H groups in total. The lowest BCUT2D eigenvalue weighted by Gasteiger charge is -2.20. The molecule has 2 fully saturated rings. The van der Waals surface area contributed by atoms with Crippen LogP contribution in [0.1, 0.15) is 43.6 Å². The van der Waals surface area contributed by atoms with E-state index in [-0.39, 0.29) is 34.8 Å². The molecule has 0 bridgehead atoms. The average molecular weight is 441 g/mol. The molecule has 156 valence electrons. The van der Waals surface area contributed by atoms with Crippen LogP contribution in [0.15, 0.2) is 40.7 Å². The number of nitrogens with one attached hydrogen (secondary N) is 1. The molecule has 3 unspecified atom stereocenters. The summed E-state index contributed by atoms with van der Waals surface area (Å²) in [4.78, 5) is 17.2. The molecule has 1 amide bonds. The van der Waals surface area contributed by atoms with E-state index < -0.39 is 28.1 Å². The number of carbonyl (C=O) groups is 1. The maximum absolute atomic E-state index is 13.6. The van der Waals surface area contributed by atoms with Crippen LogP contribution in [-0.2, 0) is 14.6 Å². The molecule has 1 aromatic carbocycles. The number of carbonyl (C=O) groups excluding carboxylic acids is 1. The Morgan fingerprint density at radius 1 is 1.17 bits per heavy atom. The summed E-state index contributed by atoms with van der Waals surface area (Å²) in [5.41, 5.74) is 0.631. The second-order valence-corrected chi connectivity index (χ2v) is 10.9. The number of hydrogen-bond acceptors (Lipinski definition) is 5. The van der Waals surface area contributed by atoms with E-state index in [2.05, 4.69) is 10.3 Å². The Morgan fingerprint density at radius 3 is 2.38 bits per heavy atom. The fourth-order valence-corrected chi connectivity index (χ4v) is 6.08. The second kappa shape index (κ2) is 8.10. The Labute approximate surface area is 172 Å². The summed E-state index contributed by atoms with van der Waals surface area (Å²) in [6, 6.07) is 6.32. The van der Waals surface area contributed by atoms with Gasteiger partial charge >= 0.3 is 0 Å². The highest BCUT2D eigenvalue weighted by atomic mass is 32.2. The maximum Gasteiger partial charge on any atom is 0.233 e. The minimum atomic E-state index is -3.31. The van der Waals surface area contributed by atoms with Gasteiger partial charge in [0.25, 0.3) is 0 Å². The van der Waals surface area contributed by atoms with Crippen molar-refractivity contribution in [3.8, 4) is 0 Å². The average Bonchev–Trinajstić information content (AvgIpc) is 3.36. The second-order valence-electron chi connectivity index (χ2n) is 7.80. The van der Waals surface area contributed by atoms with Crippen LogP contribution in [0.2, 0.25) is 0 Å². The zero-order valence-corrected chi connectivity index (χ0v) is 17.3. The van der Waals surface area contributed by atoms with Crippen LogP contribution >= 0.6 is 11.3 Å². The summed E-state index contributed by atoms with van der Waals surface area (Å²) in [6.07, 6.45) is 0.436. The number of thiazole rings is 1. The van der Waals surface area contributed by atoms with Crippen molar-refractivity contribution < 1.29 is 22.0 Å². The largest absolute Gasteiger partial charge is 0.301 e. The number of alkyl halides is 2.